The van der Waals surface area contributed by atoms with Crippen LogP contribution in [-0.4, -0.2) is 8.42 Å². The summed E-state index contributed by atoms with van der Waals surface area (Å²) >= 11 is 5.84. The topological polar surface area (TPSA) is 57.9 Å². The molecule has 0 bridgehead atoms. The molecule has 1 fully saturated rings. The summed E-state index contributed by atoms with van der Waals surface area (Å²) < 4.78 is 53.7. The fourth-order valence-corrected chi connectivity index (χ4v) is 5.87. The molecule has 0 heterocycles. The number of nitriles is 1. The van der Waals surface area contributed by atoms with Crippen molar-refractivity contribution in [1.29, 1.82) is 5.26 Å². The van der Waals surface area contributed by atoms with E-state index in [0.29, 0.717) is 17.9 Å². The van der Waals surface area contributed by atoms with Crippen LogP contribution in [0.2, 0.25) is 5.02 Å². The third-order valence-electron chi connectivity index (χ3n) is 5.03. The SMILES string of the molecule is N#CC1CCC(c2cc(F)ccc2F)(S(=O)(=O)c2ccc(Cl)cc2)CC1. The molecule has 136 valence electrons. The minimum absolute atomic E-state index is 0.000897. The van der Waals surface area contributed by atoms with Gasteiger partial charge in [0.1, 0.15) is 16.4 Å². The summed E-state index contributed by atoms with van der Waals surface area (Å²) in [6.07, 6.45) is 0.714. The number of hydrogen-bond acceptors (Lipinski definition) is 3. The van der Waals surface area contributed by atoms with Gasteiger partial charge >= 0.3 is 0 Å². The molecule has 0 aliphatic heterocycles. The molecule has 1 aliphatic rings. The predicted molar refractivity (Wildman–Crippen MR) is 94.2 cm³/mol. The zero-order chi connectivity index (χ0) is 18.9. The fraction of sp³-hybridized carbons (Fsp3) is 0.316. The van der Waals surface area contributed by atoms with Gasteiger partial charge in [-0.2, -0.15) is 5.26 Å². The molecule has 26 heavy (non-hydrogen) atoms. The largest absolute Gasteiger partial charge is 0.223 e. The second kappa shape index (κ2) is 6.98. The summed E-state index contributed by atoms with van der Waals surface area (Å²) in [4.78, 5) is 0.000897. The molecule has 7 heteroatoms. The maximum absolute atomic E-state index is 14.6. The predicted octanol–water partition coefficient (Wildman–Crippen LogP) is 5.00. The first-order valence-corrected chi connectivity index (χ1v) is 10.0. The number of halogens is 3. The van der Waals surface area contributed by atoms with E-state index in [2.05, 4.69) is 6.07 Å². The Labute approximate surface area is 156 Å². The van der Waals surface area contributed by atoms with Crippen LogP contribution in [0.4, 0.5) is 8.78 Å². The molecule has 2 aromatic rings. The van der Waals surface area contributed by atoms with Crippen LogP contribution in [0.25, 0.3) is 0 Å². The Hall–Kier alpha value is -1.97. The summed E-state index contributed by atoms with van der Waals surface area (Å²) in [6.45, 7) is 0. The Morgan fingerprint density at radius 1 is 1.08 bits per heavy atom. The van der Waals surface area contributed by atoms with Crippen LogP contribution in [0.15, 0.2) is 47.4 Å². The van der Waals surface area contributed by atoms with Crippen LogP contribution in [0, 0.1) is 28.9 Å². The van der Waals surface area contributed by atoms with Crippen LogP contribution in [-0.2, 0) is 14.6 Å². The Bertz CT molecular complexity index is 960. The highest BCUT2D eigenvalue weighted by molar-refractivity contribution is 7.92. The Morgan fingerprint density at radius 2 is 1.69 bits per heavy atom. The molecule has 0 atom stereocenters. The maximum Gasteiger partial charge on any atom is 0.188 e. The number of rotatable bonds is 3. The third kappa shape index (κ3) is 3.10. The molecule has 0 N–H and O–H groups in total. The Kier molecular flexibility index (Phi) is 5.05. The van der Waals surface area contributed by atoms with Gasteiger partial charge in [0.15, 0.2) is 9.84 Å². The summed E-state index contributed by atoms with van der Waals surface area (Å²) in [5, 5.41) is 9.51. The number of nitrogens with zero attached hydrogens (tertiary/aromatic N) is 1. The first-order chi connectivity index (χ1) is 12.3. The highest BCUT2D eigenvalue weighted by atomic mass is 35.5. The number of sulfone groups is 1. The van der Waals surface area contributed by atoms with Crippen molar-refractivity contribution in [1.82, 2.24) is 0 Å². The molecule has 2 aromatic carbocycles. The molecule has 0 unspecified atom stereocenters. The average molecular weight is 396 g/mol. The Morgan fingerprint density at radius 3 is 2.27 bits per heavy atom. The quantitative estimate of drug-likeness (QED) is 0.734. The molecule has 3 nitrogen and oxygen atoms in total. The van der Waals surface area contributed by atoms with Gasteiger partial charge in [0, 0.05) is 16.5 Å². The minimum Gasteiger partial charge on any atom is -0.223 e. The van der Waals surface area contributed by atoms with Gasteiger partial charge in [-0.15, -0.1) is 0 Å². The van der Waals surface area contributed by atoms with E-state index in [4.69, 9.17) is 16.9 Å². The number of benzene rings is 2. The van der Waals surface area contributed by atoms with Crippen LogP contribution in [0.5, 0.6) is 0 Å². The first kappa shape index (κ1) is 18.8. The maximum atomic E-state index is 14.6. The van der Waals surface area contributed by atoms with Crippen LogP contribution in [0.1, 0.15) is 31.2 Å². The van der Waals surface area contributed by atoms with Crippen molar-refractivity contribution in [2.24, 2.45) is 5.92 Å². The van der Waals surface area contributed by atoms with E-state index in [0.717, 1.165) is 18.2 Å². The van der Waals surface area contributed by atoms with E-state index in [1.807, 2.05) is 0 Å². The van der Waals surface area contributed by atoms with Crippen molar-refractivity contribution >= 4 is 21.4 Å². The van der Waals surface area contributed by atoms with E-state index in [9.17, 15) is 17.2 Å². The lowest BCUT2D eigenvalue weighted by Gasteiger charge is -2.38. The van der Waals surface area contributed by atoms with Gasteiger partial charge in [0.25, 0.3) is 0 Å². The van der Waals surface area contributed by atoms with Crippen molar-refractivity contribution in [2.45, 2.75) is 35.3 Å². The second-order valence-electron chi connectivity index (χ2n) is 6.48. The first-order valence-electron chi connectivity index (χ1n) is 8.15. The van der Waals surface area contributed by atoms with Gasteiger partial charge in [-0.25, -0.2) is 17.2 Å². The van der Waals surface area contributed by atoms with E-state index in [-0.39, 0.29) is 29.2 Å². The monoisotopic (exact) mass is 395 g/mol. The summed E-state index contributed by atoms with van der Waals surface area (Å²) in [5.41, 5.74) is -0.177. The molecule has 0 amide bonds. The lowest BCUT2D eigenvalue weighted by Crippen LogP contribution is -2.40. The molecule has 0 radical (unpaired) electrons. The van der Waals surface area contributed by atoms with Gasteiger partial charge in [-0.3, -0.25) is 0 Å². The van der Waals surface area contributed by atoms with E-state index in [1.54, 1.807) is 0 Å². The van der Waals surface area contributed by atoms with Crippen LogP contribution >= 0.6 is 11.6 Å². The van der Waals surface area contributed by atoms with E-state index < -0.39 is 26.2 Å². The molecule has 1 saturated carbocycles. The standard InChI is InChI=1S/C19H16ClF2NO2S/c20-14-1-4-16(5-2-14)26(24,25)19(9-7-13(12-23)8-10-19)17-11-15(21)3-6-18(17)22/h1-6,11,13H,7-10H2. The molecular formula is C19H16ClF2NO2S. The molecule has 0 saturated heterocycles. The lowest BCUT2D eigenvalue weighted by atomic mass is 9.78. The average Bonchev–Trinajstić information content (AvgIpc) is 2.64. The molecule has 0 aromatic heterocycles. The molecule has 3 rings (SSSR count). The van der Waals surface area contributed by atoms with Gasteiger partial charge in [-0.05, 0) is 68.1 Å². The summed E-state index contributed by atoms with van der Waals surface area (Å²) in [7, 11) is -4.04. The Balaban J connectivity index is 2.20. The highest BCUT2D eigenvalue weighted by Gasteiger charge is 2.50. The third-order valence-corrected chi connectivity index (χ3v) is 7.84. The highest BCUT2D eigenvalue weighted by Crippen LogP contribution is 2.49. The minimum atomic E-state index is -4.04. The zero-order valence-electron chi connectivity index (χ0n) is 13.8. The number of hydrogen-bond donors (Lipinski definition) is 0. The van der Waals surface area contributed by atoms with Gasteiger partial charge in [0.05, 0.1) is 11.0 Å². The van der Waals surface area contributed by atoms with Crippen molar-refractivity contribution < 1.29 is 17.2 Å². The molecule has 0 spiro atoms. The smallest absolute Gasteiger partial charge is 0.188 e. The summed E-state index contributed by atoms with van der Waals surface area (Å²) in [5.74, 6) is -1.76. The van der Waals surface area contributed by atoms with Gasteiger partial charge < -0.3 is 0 Å². The van der Waals surface area contributed by atoms with Crippen molar-refractivity contribution in [2.75, 3.05) is 0 Å². The molecular weight excluding hydrogens is 380 g/mol. The van der Waals surface area contributed by atoms with Gasteiger partial charge in [0.2, 0.25) is 0 Å². The summed E-state index contributed by atoms with van der Waals surface area (Å²) in [6, 6.07) is 10.6. The fourth-order valence-electron chi connectivity index (χ4n) is 3.58. The van der Waals surface area contributed by atoms with Crippen molar-refractivity contribution in [3.63, 3.8) is 0 Å². The zero-order valence-corrected chi connectivity index (χ0v) is 15.3. The van der Waals surface area contributed by atoms with Crippen molar-refractivity contribution in [3.8, 4) is 6.07 Å². The van der Waals surface area contributed by atoms with E-state index in [1.165, 1.54) is 24.3 Å². The van der Waals surface area contributed by atoms with Crippen LogP contribution in [0.3, 0.4) is 0 Å². The second-order valence-corrected chi connectivity index (χ2v) is 9.18. The van der Waals surface area contributed by atoms with E-state index >= 15 is 0 Å². The molecule has 1 aliphatic carbocycles. The van der Waals surface area contributed by atoms with Crippen molar-refractivity contribution in [3.05, 3.63) is 64.7 Å². The lowest BCUT2D eigenvalue weighted by molar-refractivity contribution is 0.326. The van der Waals surface area contributed by atoms with Gasteiger partial charge in [-0.1, -0.05) is 11.6 Å². The normalized spacial score (nSPS) is 23.4. The van der Waals surface area contributed by atoms with Crippen LogP contribution < -0.4 is 0 Å².